The average Bonchev–Trinajstić information content (AvgIpc) is 2.35. The molecule has 1 heterocycles. The first kappa shape index (κ1) is 14.5. The van der Waals surface area contributed by atoms with Gasteiger partial charge < -0.3 is 10.6 Å². The summed E-state index contributed by atoms with van der Waals surface area (Å²) in [6.07, 6.45) is -3.20. The standard InChI is InChI=1S/C10H14F4N4/c1-3-6-17-7(15-2)4-8(18-6)16-5-10(13,14)9(11)12/h4,9H,3,5H2,1-2H3,(H2,15,16,17,18). The van der Waals surface area contributed by atoms with Crippen LogP contribution in [0.15, 0.2) is 6.07 Å². The summed E-state index contributed by atoms with van der Waals surface area (Å²) in [6, 6.07) is 1.38. The molecule has 0 aliphatic carbocycles. The molecule has 102 valence electrons. The second kappa shape index (κ2) is 5.83. The van der Waals surface area contributed by atoms with Crippen LogP contribution in [0.4, 0.5) is 29.2 Å². The molecule has 0 bridgehead atoms. The van der Waals surface area contributed by atoms with Crippen molar-refractivity contribution in [2.75, 3.05) is 24.2 Å². The molecule has 0 atom stereocenters. The highest BCUT2D eigenvalue weighted by atomic mass is 19.3. The highest BCUT2D eigenvalue weighted by Crippen LogP contribution is 2.23. The van der Waals surface area contributed by atoms with Crippen LogP contribution < -0.4 is 10.6 Å². The number of rotatable bonds is 6. The van der Waals surface area contributed by atoms with Crippen molar-refractivity contribution in [1.29, 1.82) is 0 Å². The second-order valence-corrected chi connectivity index (χ2v) is 3.57. The number of hydrogen-bond donors (Lipinski definition) is 2. The van der Waals surface area contributed by atoms with E-state index in [2.05, 4.69) is 20.6 Å². The third-order valence-corrected chi connectivity index (χ3v) is 2.17. The predicted molar refractivity (Wildman–Crippen MR) is 60.4 cm³/mol. The van der Waals surface area contributed by atoms with Crippen LogP contribution in [0, 0.1) is 0 Å². The van der Waals surface area contributed by atoms with Crippen LogP contribution in [-0.4, -0.2) is 35.9 Å². The van der Waals surface area contributed by atoms with Crippen molar-refractivity contribution in [1.82, 2.24) is 9.97 Å². The van der Waals surface area contributed by atoms with Gasteiger partial charge in [0.25, 0.3) is 0 Å². The zero-order chi connectivity index (χ0) is 13.8. The maximum atomic E-state index is 12.7. The largest absolute Gasteiger partial charge is 0.373 e. The SMILES string of the molecule is CCc1nc(NC)cc(NCC(F)(F)C(F)F)n1. The smallest absolute Gasteiger partial charge is 0.324 e. The number of aromatic nitrogens is 2. The molecule has 1 aromatic rings. The lowest BCUT2D eigenvalue weighted by Crippen LogP contribution is -2.35. The monoisotopic (exact) mass is 266 g/mol. The minimum Gasteiger partial charge on any atom is -0.373 e. The molecule has 2 N–H and O–H groups in total. The summed E-state index contributed by atoms with van der Waals surface area (Å²) in [4.78, 5) is 7.97. The van der Waals surface area contributed by atoms with Gasteiger partial charge >= 0.3 is 12.3 Å². The van der Waals surface area contributed by atoms with Gasteiger partial charge in [-0.05, 0) is 0 Å². The fraction of sp³-hybridized carbons (Fsp3) is 0.600. The first-order valence-electron chi connectivity index (χ1n) is 5.34. The molecule has 0 aromatic carbocycles. The molecule has 0 radical (unpaired) electrons. The third-order valence-electron chi connectivity index (χ3n) is 2.17. The van der Waals surface area contributed by atoms with E-state index in [9.17, 15) is 17.6 Å². The van der Waals surface area contributed by atoms with Gasteiger partial charge in [-0.1, -0.05) is 6.92 Å². The fourth-order valence-electron chi connectivity index (χ4n) is 1.16. The highest BCUT2D eigenvalue weighted by molar-refractivity contribution is 5.47. The van der Waals surface area contributed by atoms with E-state index >= 15 is 0 Å². The first-order chi connectivity index (χ1) is 8.39. The van der Waals surface area contributed by atoms with E-state index in [0.717, 1.165) is 0 Å². The van der Waals surface area contributed by atoms with Gasteiger partial charge in [0, 0.05) is 19.5 Å². The van der Waals surface area contributed by atoms with Crippen LogP contribution in [-0.2, 0) is 6.42 Å². The molecule has 18 heavy (non-hydrogen) atoms. The van der Waals surface area contributed by atoms with E-state index < -0.39 is 18.9 Å². The molecule has 0 fully saturated rings. The Kier molecular flexibility index (Phi) is 4.69. The van der Waals surface area contributed by atoms with E-state index in [1.165, 1.54) is 6.07 Å². The summed E-state index contributed by atoms with van der Waals surface area (Å²) >= 11 is 0. The number of halogens is 4. The van der Waals surface area contributed by atoms with Gasteiger partial charge in [0.2, 0.25) is 0 Å². The molecule has 0 saturated heterocycles. The van der Waals surface area contributed by atoms with Gasteiger partial charge in [0.1, 0.15) is 17.5 Å². The van der Waals surface area contributed by atoms with Crippen molar-refractivity contribution >= 4 is 11.6 Å². The Bertz CT molecular complexity index is 375. The van der Waals surface area contributed by atoms with Crippen molar-refractivity contribution in [3.63, 3.8) is 0 Å². The van der Waals surface area contributed by atoms with Crippen LogP contribution in [0.2, 0.25) is 0 Å². The number of hydrogen-bond acceptors (Lipinski definition) is 4. The van der Waals surface area contributed by atoms with Gasteiger partial charge in [-0.15, -0.1) is 0 Å². The average molecular weight is 266 g/mol. The Morgan fingerprint density at radius 1 is 1.28 bits per heavy atom. The third kappa shape index (κ3) is 3.71. The van der Waals surface area contributed by atoms with Gasteiger partial charge in [0.05, 0.1) is 6.54 Å². The van der Waals surface area contributed by atoms with Gasteiger partial charge in [-0.2, -0.15) is 8.78 Å². The van der Waals surface area contributed by atoms with Crippen LogP contribution in [0.1, 0.15) is 12.7 Å². The number of nitrogens with one attached hydrogen (secondary N) is 2. The molecule has 8 heteroatoms. The van der Waals surface area contributed by atoms with Crippen molar-refractivity contribution in [3.8, 4) is 0 Å². The van der Waals surface area contributed by atoms with E-state index in [-0.39, 0.29) is 5.82 Å². The second-order valence-electron chi connectivity index (χ2n) is 3.57. The summed E-state index contributed by atoms with van der Waals surface area (Å²) in [5.74, 6) is -3.13. The normalized spacial score (nSPS) is 11.7. The first-order valence-corrected chi connectivity index (χ1v) is 5.34. The summed E-state index contributed by atoms with van der Waals surface area (Å²) in [5.41, 5.74) is 0. The lowest BCUT2D eigenvalue weighted by molar-refractivity contribution is -0.117. The fourth-order valence-corrected chi connectivity index (χ4v) is 1.16. The van der Waals surface area contributed by atoms with Gasteiger partial charge in [-0.25, -0.2) is 18.7 Å². The number of aryl methyl sites for hydroxylation is 1. The molecule has 1 aromatic heterocycles. The summed E-state index contributed by atoms with van der Waals surface area (Å²) in [5, 5.41) is 4.93. The highest BCUT2D eigenvalue weighted by Gasteiger charge is 2.40. The molecular weight excluding hydrogens is 252 g/mol. The molecular formula is C10H14F4N4. The Hall–Kier alpha value is -1.60. The van der Waals surface area contributed by atoms with E-state index in [0.29, 0.717) is 18.1 Å². The van der Waals surface area contributed by atoms with Crippen molar-refractivity contribution in [2.45, 2.75) is 25.7 Å². The van der Waals surface area contributed by atoms with Crippen LogP contribution in [0.3, 0.4) is 0 Å². The molecule has 1 rings (SSSR count). The Morgan fingerprint density at radius 3 is 2.39 bits per heavy atom. The lowest BCUT2D eigenvalue weighted by Gasteiger charge is -2.16. The molecule has 0 aliphatic rings. The van der Waals surface area contributed by atoms with E-state index in [1.54, 1.807) is 14.0 Å². The minimum atomic E-state index is -4.09. The van der Waals surface area contributed by atoms with Crippen molar-refractivity contribution in [3.05, 3.63) is 11.9 Å². The zero-order valence-electron chi connectivity index (χ0n) is 9.98. The quantitative estimate of drug-likeness (QED) is 0.776. The molecule has 0 unspecified atom stereocenters. The molecule has 0 amide bonds. The predicted octanol–water partition coefficient (Wildman–Crippen LogP) is 2.39. The number of alkyl halides is 4. The number of anilines is 2. The summed E-state index contributed by atoms with van der Waals surface area (Å²) < 4.78 is 49.4. The van der Waals surface area contributed by atoms with Crippen LogP contribution in [0.25, 0.3) is 0 Å². The van der Waals surface area contributed by atoms with Crippen LogP contribution in [0.5, 0.6) is 0 Å². The Balaban J connectivity index is 2.78. The van der Waals surface area contributed by atoms with Crippen molar-refractivity contribution in [2.24, 2.45) is 0 Å². The maximum absolute atomic E-state index is 12.7. The lowest BCUT2D eigenvalue weighted by atomic mass is 10.3. The van der Waals surface area contributed by atoms with E-state index in [1.807, 2.05) is 0 Å². The van der Waals surface area contributed by atoms with E-state index in [4.69, 9.17) is 0 Å². The van der Waals surface area contributed by atoms with Gasteiger partial charge in [0.15, 0.2) is 0 Å². The Morgan fingerprint density at radius 2 is 1.89 bits per heavy atom. The molecule has 0 saturated carbocycles. The zero-order valence-corrected chi connectivity index (χ0v) is 9.98. The van der Waals surface area contributed by atoms with Crippen molar-refractivity contribution < 1.29 is 17.6 Å². The minimum absolute atomic E-state index is 0.0894. The van der Waals surface area contributed by atoms with Crippen LogP contribution >= 0.6 is 0 Å². The summed E-state index contributed by atoms with van der Waals surface area (Å²) in [6.45, 7) is 0.625. The number of nitrogens with zero attached hydrogens (tertiary/aromatic N) is 2. The molecule has 0 aliphatic heterocycles. The van der Waals surface area contributed by atoms with Gasteiger partial charge in [-0.3, -0.25) is 0 Å². The maximum Gasteiger partial charge on any atom is 0.324 e. The summed E-state index contributed by atoms with van der Waals surface area (Å²) in [7, 11) is 1.61. The topological polar surface area (TPSA) is 49.8 Å². The molecule has 4 nitrogen and oxygen atoms in total. The molecule has 0 spiro atoms. The Labute approximate surface area is 102 Å².